The van der Waals surface area contributed by atoms with Gasteiger partial charge in [-0.1, -0.05) is 23.7 Å². The van der Waals surface area contributed by atoms with E-state index in [-0.39, 0.29) is 17.9 Å². The van der Waals surface area contributed by atoms with Gasteiger partial charge >= 0.3 is 0 Å². The minimum atomic E-state index is -3.59. The van der Waals surface area contributed by atoms with E-state index in [1.54, 1.807) is 11.8 Å². The minimum Gasteiger partial charge on any atom is -0.354 e. The third-order valence-electron chi connectivity index (χ3n) is 8.00. The van der Waals surface area contributed by atoms with Gasteiger partial charge in [-0.2, -0.15) is 0 Å². The zero-order valence-electron chi connectivity index (χ0n) is 20.1. The fourth-order valence-electron chi connectivity index (χ4n) is 6.92. The van der Waals surface area contributed by atoms with E-state index in [1.807, 2.05) is 36.4 Å². The monoisotopic (exact) mass is 532 g/mol. The van der Waals surface area contributed by atoms with Crippen LogP contribution in [-0.2, 0) is 20.2 Å². The van der Waals surface area contributed by atoms with Crippen molar-refractivity contribution >= 4 is 45.0 Å². The van der Waals surface area contributed by atoms with Crippen molar-refractivity contribution in [3.63, 3.8) is 0 Å². The molecule has 0 spiro atoms. The number of thioether (sulfide) groups is 1. The summed E-state index contributed by atoms with van der Waals surface area (Å²) < 4.78 is 26.3. The molecule has 2 aromatic carbocycles. The van der Waals surface area contributed by atoms with Crippen molar-refractivity contribution in [3.05, 3.63) is 59.1 Å². The van der Waals surface area contributed by atoms with Crippen molar-refractivity contribution < 1.29 is 13.2 Å². The summed E-state index contributed by atoms with van der Waals surface area (Å²) in [5.41, 5.74) is 2.16. The Balaban J connectivity index is 1.20. The predicted octanol–water partition coefficient (Wildman–Crippen LogP) is 5.48. The number of hydrogen-bond donors (Lipinski definition) is 1. The molecule has 4 bridgehead atoms. The van der Waals surface area contributed by atoms with Crippen LogP contribution in [-0.4, -0.2) is 39.4 Å². The average Bonchev–Trinajstić information content (AvgIpc) is 2.80. The molecule has 1 N–H and O–H groups in total. The number of nitrogens with one attached hydrogen (secondary N) is 1. The summed E-state index contributed by atoms with van der Waals surface area (Å²) in [7, 11) is -3.59. The molecule has 4 aliphatic rings. The molecule has 4 saturated carbocycles. The second-order valence-electron chi connectivity index (χ2n) is 10.7. The molecule has 6 rings (SSSR count). The van der Waals surface area contributed by atoms with E-state index in [9.17, 15) is 13.2 Å². The number of anilines is 1. The van der Waals surface area contributed by atoms with Gasteiger partial charge < -0.3 is 5.32 Å². The van der Waals surface area contributed by atoms with Gasteiger partial charge in [-0.25, -0.2) is 8.42 Å². The summed E-state index contributed by atoms with van der Waals surface area (Å²) in [6, 6.07) is 15.5. The smallest absolute Gasteiger partial charge is 0.240 e. The van der Waals surface area contributed by atoms with Crippen molar-refractivity contribution in [2.75, 3.05) is 29.4 Å². The number of nitrogens with zero attached hydrogens (tertiary/aromatic N) is 1. The largest absolute Gasteiger partial charge is 0.354 e. The lowest BCUT2D eigenvalue weighted by Crippen LogP contribution is -2.48. The predicted molar refractivity (Wildman–Crippen MR) is 144 cm³/mol. The Morgan fingerprint density at radius 2 is 1.57 bits per heavy atom. The highest BCUT2D eigenvalue weighted by Crippen LogP contribution is 2.60. The van der Waals surface area contributed by atoms with Gasteiger partial charge in [-0.05, 0) is 104 Å². The first-order chi connectivity index (χ1) is 16.7. The summed E-state index contributed by atoms with van der Waals surface area (Å²) in [6.07, 6.45) is 9.15. The maximum atomic E-state index is 12.6. The Hall–Kier alpha value is -1.70. The van der Waals surface area contributed by atoms with Gasteiger partial charge in [-0.3, -0.25) is 9.10 Å². The van der Waals surface area contributed by atoms with Crippen molar-refractivity contribution in [1.29, 1.82) is 0 Å². The molecule has 8 heteroatoms. The van der Waals surface area contributed by atoms with Crippen LogP contribution in [0.25, 0.3) is 0 Å². The molecule has 35 heavy (non-hydrogen) atoms. The van der Waals surface area contributed by atoms with E-state index < -0.39 is 10.0 Å². The zero-order chi connectivity index (χ0) is 24.6. The number of carbonyl (C=O) groups is 1. The SMILES string of the molecule is CS(=O)(=O)N(CC(=O)NCCSc1ccc(Cl)cc1)c1ccc(C23CC4CC(CC(C4)C2)C3)cc1. The molecule has 2 aromatic rings. The number of rotatable bonds is 9. The second-order valence-corrected chi connectivity index (χ2v) is 14.2. The first kappa shape index (κ1) is 25.0. The molecule has 0 unspecified atom stereocenters. The third-order valence-corrected chi connectivity index (χ3v) is 10.4. The maximum absolute atomic E-state index is 12.6. The van der Waals surface area contributed by atoms with E-state index in [2.05, 4.69) is 17.4 Å². The van der Waals surface area contributed by atoms with Crippen LogP contribution < -0.4 is 9.62 Å². The molecule has 0 radical (unpaired) electrons. The zero-order valence-corrected chi connectivity index (χ0v) is 22.5. The highest BCUT2D eigenvalue weighted by molar-refractivity contribution is 7.99. The fourth-order valence-corrected chi connectivity index (χ4v) is 8.67. The molecular weight excluding hydrogens is 500 g/mol. The standard InChI is InChI=1S/C27H33ClN2O3S2/c1-35(32,33)30(18-26(31)29-10-11-34-25-8-4-23(28)5-9-25)24-6-2-22(3-7-24)27-15-19-12-20(16-27)14-21(13-19)17-27/h2-9,19-21H,10-18H2,1H3,(H,29,31). The van der Waals surface area contributed by atoms with Gasteiger partial charge in [-0.15, -0.1) is 11.8 Å². The number of sulfonamides is 1. The summed E-state index contributed by atoms with van der Waals surface area (Å²) in [4.78, 5) is 13.7. The number of carbonyl (C=O) groups excluding carboxylic acids is 1. The molecule has 0 heterocycles. The number of amides is 1. The molecule has 0 aliphatic heterocycles. The Morgan fingerprint density at radius 3 is 2.11 bits per heavy atom. The quantitative estimate of drug-likeness (QED) is 0.343. The Kier molecular flexibility index (Phi) is 7.12. The summed E-state index contributed by atoms with van der Waals surface area (Å²) >= 11 is 7.52. The van der Waals surface area contributed by atoms with E-state index in [4.69, 9.17) is 11.6 Å². The van der Waals surface area contributed by atoms with Gasteiger partial charge in [0.05, 0.1) is 11.9 Å². The lowest BCUT2D eigenvalue weighted by Gasteiger charge is -2.57. The number of hydrogen-bond acceptors (Lipinski definition) is 4. The van der Waals surface area contributed by atoms with Gasteiger partial charge in [0.1, 0.15) is 6.54 Å². The van der Waals surface area contributed by atoms with Crippen LogP contribution >= 0.6 is 23.4 Å². The molecular formula is C27H33ClN2O3S2. The summed E-state index contributed by atoms with van der Waals surface area (Å²) in [5, 5.41) is 3.53. The lowest BCUT2D eigenvalue weighted by molar-refractivity contribution is -0.119. The van der Waals surface area contributed by atoms with Crippen LogP contribution in [0, 0.1) is 17.8 Å². The summed E-state index contributed by atoms with van der Waals surface area (Å²) in [5.74, 6) is 2.95. The minimum absolute atomic E-state index is 0.221. The van der Waals surface area contributed by atoms with Crippen LogP contribution in [0.4, 0.5) is 5.69 Å². The normalized spacial score (nSPS) is 27.1. The van der Waals surface area contributed by atoms with Crippen molar-refractivity contribution in [1.82, 2.24) is 5.32 Å². The van der Waals surface area contributed by atoms with Crippen LogP contribution in [0.2, 0.25) is 5.02 Å². The van der Waals surface area contributed by atoms with E-state index in [0.29, 0.717) is 23.0 Å². The highest BCUT2D eigenvalue weighted by Gasteiger charge is 2.51. The molecule has 188 valence electrons. The molecule has 4 fully saturated rings. The van der Waals surface area contributed by atoms with E-state index >= 15 is 0 Å². The van der Waals surface area contributed by atoms with Gasteiger partial charge in [0.15, 0.2) is 0 Å². The van der Waals surface area contributed by atoms with Gasteiger partial charge in [0.2, 0.25) is 15.9 Å². The third kappa shape index (κ3) is 5.67. The Morgan fingerprint density at radius 1 is 1.00 bits per heavy atom. The molecule has 0 aromatic heterocycles. The topological polar surface area (TPSA) is 66.5 Å². The van der Waals surface area contributed by atoms with Crippen LogP contribution in [0.1, 0.15) is 44.1 Å². The van der Waals surface area contributed by atoms with Crippen molar-refractivity contribution in [2.24, 2.45) is 17.8 Å². The molecule has 1 amide bonds. The highest BCUT2D eigenvalue weighted by atomic mass is 35.5. The number of halogens is 1. The van der Waals surface area contributed by atoms with E-state index in [0.717, 1.165) is 28.9 Å². The average molecular weight is 533 g/mol. The van der Waals surface area contributed by atoms with Crippen molar-refractivity contribution in [3.8, 4) is 0 Å². The molecule has 0 saturated heterocycles. The maximum Gasteiger partial charge on any atom is 0.240 e. The van der Waals surface area contributed by atoms with Crippen molar-refractivity contribution in [2.45, 2.75) is 48.8 Å². The molecule has 4 aliphatic carbocycles. The van der Waals surface area contributed by atoms with Crippen LogP contribution in [0.3, 0.4) is 0 Å². The van der Waals surface area contributed by atoms with Crippen LogP contribution in [0.15, 0.2) is 53.4 Å². The second kappa shape index (κ2) is 9.98. The molecule has 0 atom stereocenters. The van der Waals surface area contributed by atoms with Crippen LogP contribution in [0.5, 0.6) is 0 Å². The fraction of sp³-hybridized carbons (Fsp3) is 0.519. The Bertz CT molecular complexity index is 1130. The van der Waals surface area contributed by atoms with Gasteiger partial charge in [0, 0.05) is 22.2 Å². The Labute approximate surface area is 218 Å². The number of benzene rings is 2. The first-order valence-electron chi connectivity index (χ1n) is 12.4. The first-order valence-corrected chi connectivity index (χ1v) is 15.6. The van der Waals surface area contributed by atoms with Gasteiger partial charge in [0.25, 0.3) is 0 Å². The van der Waals surface area contributed by atoms with E-state index in [1.165, 1.54) is 48.4 Å². The molecule has 5 nitrogen and oxygen atoms in total. The summed E-state index contributed by atoms with van der Waals surface area (Å²) in [6.45, 7) is 0.232. The lowest BCUT2D eigenvalue weighted by atomic mass is 9.48.